The number of imidazole rings is 1. The minimum atomic E-state index is -0.219. The van der Waals surface area contributed by atoms with E-state index in [1.165, 1.54) is 4.57 Å². The number of methoxy groups -OCH3 is 1. The summed E-state index contributed by atoms with van der Waals surface area (Å²) in [6.45, 7) is 5.03. The van der Waals surface area contributed by atoms with Crippen LogP contribution in [0.1, 0.15) is 24.0 Å². The van der Waals surface area contributed by atoms with Crippen molar-refractivity contribution in [3.8, 4) is 12.0 Å². The molecule has 0 radical (unpaired) electrons. The number of carbonyl (C=O) groups is 1. The molecule has 0 fully saturated rings. The molecule has 0 atom stereocenters. The summed E-state index contributed by atoms with van der Waals surface area (Å²) in [6, 6.07) is 7.53. The number of amides is 1. The third-order valence-corrected chi connectivity index (χ3v) is 4.53. The third-order valence-electron chi connectivity index (χ3n) is 4.53. The van der Waals surface area contributed by atoms with E-state index in [-0.39, 0.29) is 30.4 Å². The van der Waals surface area contributed by atoms with E-state index in [4.69, 9.17) is 15.2 Å². The average molecular weight is 426 g/mol. The SMILES string of the molecule is C=CCCC(=O)NCc1ccc(Cn2c(O)nc3c(N)nc(OCCOC)nc32)cc1. The van der Waals surface area contributed by atoms with E-state index in [1.54, 1.807) is 13.2 Å². The number of nitrogens with two attached hydrogens (primary N) is 1. The number of carbonyl (C=O) groups excluding carboxylic acids is 1. The van der Waals surface area contributed by atoms with Crippen molar-refractivity contribution in [2.45, 2.75) is 25.9 Å². The number of rotatable bonds is 11. The number of hydrogen-bond donors (Lipinski definition) is 3. The van der Waals surface area contributed by atoms with Gasteiger partial charge in [-0.15, -0.1) is 6.58 Å². The number of fused-ring (bicyclic) bond motifs is 1. The highest BCUT2D eigenvalue weighted by atomic mass is 16.5. The summed E-state index contributed by atoms with van der Waals surface area (Å²) < 4.78 is 11.9. The standard InChI is InChI=1S/C21H26N6O4/c1-3-4-5-16(28)23-12-14-6-8-15(9-7-14)13-27-19-17(24-21(27)29)18(22)25-20(26-19)31-11-10-30-2/h3,6-9H,1,4-5,10-13H2,2H3,(H,23,28)(H,24,29)(H2,22,25,26). The summed E-state index contributed by atoms with van der Waals surface area (Å²) in [5.41, 5.74) is 8.51. The highest BCUT2D eigenvalue weighted by Crippen LogP contribution is 2.25. The summed E-state index contributed by atoms with van der Waals surface area (Å²) in [5.74, 6) is 0.105. The maximum atomic E-state index is 11.7. The van der Waals surface area contributed by atoms with Crippen LogP contribution in [0.3, 0.4) is 0 Å². The Morgan fingerprint density at radius 2 is 1.97 bits per heavy atom. The molecule has 3 aromatic rings. The molecule has 0 spiro atoms. The Morgan fingerprint density at radius 3 is 2.68 bits per heavy atom. The number of nitrogens with zero attached hydrogens (tertiary/aromatic N) is 4. The lowest BCUT2D eigenvalue weighted by Crippen LogP contribution is -2.22. The molecular weight excluding hydrogens is 400 g/mol. The van der Waals surface area contributed by atoms with E-state index in [9.17, 15) is 9.90 Å². The van der Waals surface area contributed by atoms with Crippen molar-refractivity contribution in [1.29, 1.82) is 0 Å². The fourth-order valence-corrected chi connectivity index (χ4v) is 2.88. The molecule has 0 saturated carbocycles. The van der Waals surface area contributed by atoms with Gasteiger partial charge in [-0.2, -0.15) is 15.0 Å². The highest BCUT2D eigenvalue weighted by Gasteiger charge is 2.17. The molecule has 0 saturated heterocycles. The quantitative estimate of drug-likeness (QED) is 0.312. The van der Waals surface area contributed by atoms with Gasteiger partial charge in [-0.25, -0.2) is 0 Å². The largest absolute Gasteiger partial charge is 0.480 e. The van der Waals surface area contributed by atoms with Gasteiger partial charge in [-0.05, 0) is 17.5 Å². The van der Waals surface area contributed by atoms with Crippen LogP contribution in [0.2, 0.25) is 0 Å². The molecule has 1 amide bonds. The molecular formula is C21H26N6O4. The molecule has 0 bridgehead atoms. The normalized spacial score (nSPS) is 10.9. The number of ether oxygens (including phenoxy) is 2. The lowest BCUT2D eigenvalue weighted by Gasteiger charge is -2.09. The van der Waals surface area contributed by atoms with Crippen LogP contribution in [0.15, 0.2) is 36.9 Å². The van der Waals surface area contributed by atoms with Crippen molar-refractivity contribution in [3.63, 3.8) is 0 Å². The van der Waals surface area contributed by atoms with Gasteiger partial charge in [-0.3, -0.25) is 9.36 Å². The van der Waals surface area contributed by atoms with Gasteiger partial charge >= 0.3 is 6.01 Å². The van der Waals surface area contributed by atoms with Crippen LogP contribution in [0.25, 0.3) is 11.2 Å². The van der Waals surface area contributed by atoms with Crippen molar-refractivity contribution in [2.75, 3.05) is 26.1 Å². The Balaban J connectivity index is 1.72. The minimum Gasteiger partial charge on any atom is -0.480 e. The van der Waals surface area contributed by atoms with Gasteiger partial charge in [0, 0.05) is 20.1 Å². The first kappa shape index (κ1) is 22.0. The molecule has 10 nitrogen and oxygen atoms in total. The predicted molar refractivity (Wildman–Crippen MR) is 116 cm³/mol. The number of aromatic hydroxyl groups is 1. The van der Waals surface area contributed by atoms with Gasteiger partial charge in [0.15, 0.2) is 17.0 Å². The van der Waals surface area contributed by atoms with Crippen LogP contribution >= 0.6 is 0 Å². The second-order valence-electron chi connectivity index (χ2n) is 6.82. The highest BCUT2D eigenvalue weighted by molar-refractivity contribution is 5.83. The Kier molecular flexibility index (Phi) is 7.39. The molecule has 0 aliphatic heterocycles. The number of nitrogens with one attached hydrogen (secondary N) is 1. The maximum Gasteiger partial charge on any atom is 0.320 e. The van der Waals surface area contributed by atoms with Gasteiger partial charge in [0.05, 0.1) is 13.2 Å². The van der Waals surface area contributed by atoms with E-state index in [0.29, 0.717) is 43.7 Å². The lowest BCUT2D eigenvalue weighted by atomic mass is 10.1. The fourth-order valence-electron chi connectivity index (χ4n) is 2.88. The van der Waals surface area contributed by atoms with Crippen LogP contribution in [0.4, 0.5) is 5.82 Å². The van der Waals surface area contributed by atoms with Crippen molar-refractivity contribution < 1.29 is 19.4 Å². The zero-order valence-corrected chi connectivity index (χ0v) is 17.4. The van der Waals surface area contributed by atoms with Gasteiger partial charge < -0.3 is 25.6 Å². The molecule has 31 heavy (non-hydrogen) atoms. The molecule has 2 aromatic heterocycles. The maximum absolute atomic E-state index is 11.7. The van der Waals surface area contributed by atoms with E-state index in [0.717, 1.165) is 11.1 Å². The summed E-state index contributed by atoms with van der Waals surface area (Å²) in [7, 11) is 1.57. The number of nitrogen functional groups attached to an aromatic ring is 1. The summed E-state index contributed by atoms with van der Waals surface area (Å²) in [5, 5.41) is 13.2. The second kappa shape index (κ2) is 10.4. The van der Waals surface area contributed by atoms with Crippen LogP contribution < -0.4 is 15.8 Å². The first-order valence-corrected chi connectivity index (χ1v) is 9.81. The average Bonchev–Trinajstić information content (AvgIpc) is 3.08. The zero-order valence-electron chi connectivity index (χ0n) is 17.4. The van der Waals surface area contributed by atoms with Crippen LogP contribution in [0.5, 0.6) is 12.0 Å². The Bertz CT molecular complexity index is 1050. The van der Waals surface area contributed by atoms with Crippen molar-refractivity contribution in [2.24, 2.45) is 0 Å². The minimum absolute atomic E-state index is 0.0143. The monoisotopic (exact) mass is 426 g/mol. The molecule has 2 heterocycles. The molecule has 0 unspecified atom stereocenters. The van der Waals surface area contributed by atoms with Gasteiger partial charge in [0.2, 0.25) is 5.91 Å². The lowest BCUT2D eigenvalue weighted by molar-refractivity contribution is -0.121. The number of allylic oxidation sites excluding steroid dienone is 1. The number of anilines is 1. The predicted octanol–water partition coefficient (Wildman–Crippen LogP) is 1.77. The topological polar surface area (TPSA) is 137 Å². The van der Waals surface area contributed by atoms with E-state index < -0.39 is 0 Å². The van der Waals surface area contributed by atoms with Crippen LogP contribution in [-0.2, 0) is 22.6 Å². The molecule has 10 heteroatoms. The molecule has 1 aromatic carbocycles. The van der Waals surface area contributed by atoms with Crippen LogP contribution in [-0.4, -0.2) is 50.9 Å². The fraction of sp³-hybridized carbons (Fsp3) is 0.333. The van der Waals surface area contributed by atoms with Gasteiger partial charge in [0.1, 0.15) is 6.61 Å². The Labute approximate surface area is 179 Å². The zero-order chi connectivity index (χ0) is 22.2. The van der Waals surface area contributed by atoms with Crippen molar-refractivity contribution in [3.05, 3.63) is 48.0 Å². The van der Waals surface area contributed by atoms with Crippen molar-refractivity contribution >= 4 is 22.9 Å². The van der Waals surface area contributed by atoms with Crippen molar-refractivity contribution in [1.82, 2.24) is 24.8 Å². The van der Waals surface area contributed by atoms with Crippen LogP contribution in [0, 0.1) is 0 Å². The molecule has 164 valence electrons. The molecule has 0 aliphatic rings. The Hall–Kier alpha value is -3.66. The molecule has 3 rings (SSSR count). The number of benzene rings is 1. The first-order valence-electron chi connectivity index (χ1n) is 9.81. The van der Waals surface area contributed by atoms with E-state index in [1.807, 2.05) is 24.3 Å². The molecule has 0 aliphatic carbocycles. The number of aromatic nitrogens is 4. The van der Waals surface area contributed by atoms with Gasteiger partial charge in [0.25, 0.3) is 6.01 Å². The van der Waals surface area contributed by atoms with E-state index in [2.05, 4.69) is 26.8 Å². The summed E-state index contributed by atoms with van der Waals surface area (Å²) in [6.07, 6.45) is 2.80. The summed E-state index contributed by atoms with van der Waals surface area (Å²) >= 11 is 0. The first-order chi connectivity index (χ1) is 15.0. The smallest absolute Gasteiger partial charge is 0.320 e. The second-order valence-corrected chi connectivity index (χ2v) is 6.82. The van der Waals surface area contributed by atoms with E-state index >= 15 is 0 Å². The molecule has 4 N–H and O–H groups in total. The summed E-state index contributed by atoms with van der Waals surface area (Å²) in [4.78, 5) is 24.2. The third kappa shape index (κ3) is 5.70. The Morgan fingerprint density at radius 1 is 1.23 bits per heavy atom. The number of hydrogen-bond acceptors (Lipinski definition) is 8. The van der Waals surface area contributed by atoms with Gasteiger partial charge in [-0.1, -0.05) is 30.3 Å².